The van der Waals surface area contributed by atoms with Crippen molar-refractivity contribution in [2.75, 3.05) is 18.2 Å². The second-order valence-electron chi connectivity index (χ2n) is 5.78. The lowest BCUT2D eigenvalue weighted by Gasteiger charge is -2.06. The molecule has 0 atom stereocenters. The van der Waals surface area contributed by atoms with Gasteiger partial charge in [0.1, 0.15) is 5.75 Å². The summed E-state index contributed by atoms with van der Waals surface area (Å²) in [6.07, 6.45) is 0. The number of nitrogens with one attached hydrogen (secondary N) is 2. The number of benzene rings is 2. The molecule has 6 nitrogen and oxygen atoms in total. The Kier molecular flexibility index (Phi) is 6.67. The Labute approximate surface area is 166 Å². The first kappa shape index (κ1) is 19.2. The lowest BCUT2D eigenvalue weighted by Crippen LogP contribution is -2.24. The Morgan fingerprint density at radius 2 is 2.00 bits per heavy atom. The predicted octanol–water partition coefficient (Wildman–Crippen LogP) is 4.01. The molecule has 0 saturated heterocycles. The van der Waals surface area contributed by atoms with Gasteiger partial charge in [0.25, 0.3) is 0 Å². The fourth-order valence-corrected chi connectivity index (χ4v) is 3.84. The van der Waals surface area contributed by atoms with Gasteiger partial charge in [0, 0.05) is 12.2 Å². The van der Waals surface area contributed by atoms with Crippen molar-refractivity contribution in [3.05, 3.63) is 59.7 Å². The lowest BCUT2D eigenvalue weighted by molar-refractivity contribution is -0.118. The molecule has 140 valence electrons. The molecule has 0 aliphatic carbocycles. The van der Waals surface area contributed by atoms with E-state index in [0.29, 0.717) is 17.4 Å². The van der Waals surface area contributed by atoms with Crippen molar-refractivity contribution in [3.63, 3.8) is 0 Å². The van der Waals surface area contributed by atoms with Gasteiger partial charge in [0.2, 0.25) is 11.0 Å². The molecule has 1 amide bonds. The van der Waals surface area contributed by atoms with Crippen molar-refractivity contribution in [3.8, 4) is 5.75 Å². The average Bonchev–Trinajstić information content (AvgIpc) is 3.14. The van der Waals surface area contributed by atoms with Gasteiger partial charge in [-0.15, -0.1) is 10.2 Å². The summed E-state index contributed by atoms with van der Waals surface area (Å²) in [6, 6.07) is 15.7. The maximum atomic E-state index is 12.1. The maximum absolute atomic E-state index is 12.1. The van der Waals surface area contributed by atoms with E-state index in [1.54, 1.807) is 7.11 Å². The maximum Gasteiger partial charge on any atom is 0.230 e. The van der Waals surface area contributed by atoms with Crippen LogP contribution in [-0.4, -0.2) is 29.0 Å². The third-order valence-corrected chi connectivity index (χ3v) is 5.63. The smallest absolute Gasteiger partial charge is 0.230 e. The number of carbonyl (C=O) groups excluding carboxylic acids is 1. The molecule has 0 saturated carbocycles. The van der Waals surface area contributed by atoms with Crippen molar-refractivity contribution >= 4 is 39.8 Å². The van der Waals surface area contributed by atoms with Crippen molar-refractivity contribution in [1.29, 1.82) is 0 Å². The number of ether oxygens (including phenoxy) is 1. The molecule has 2 aromatic carbocycles. The largest absolute Gasteiger partial charge is 0.497 e. The second kappa shape index (κ2) is 9.38. The van der Waals surface area contributed by atoms with Crippen molar-refractivity contribution < 1.29 is 9.53 Å². The minimum Gasteiger partial charge on any atom is -0.497 e. The van der Waals surface area contributed by atoms with Crippen LogP contribution in [0, 0.1) is 6.92 Å². The van der Waals surface area contributed by atoms with E-state index in [0.717, 1.165) is 21.3 Å². The van der Waals surface area contributed by atoms with Crippen LogP contribution in [-0.2, 0) is 11.3 Å². The Balaban J connectivity index is 1.45. The fraction of sp³-hybridized carbons (Fsp3) is 0.211. The monoisotopic (exact) mass is 400 g/mol. The van der Waals surface area contributed by atoms with Gasteiger partial charge in [-0.25, -0.2) is 0 Å². The van der Waals surface area contributed by atoms with Crippen LogP contribution in [0.15, 0.2) is 52.9 Å². The third kappa shape index (κ3) is 5.97. The van der Waals surface area contributed by atoms with Gasteiger partial charge >= 0.3 is 0 Å². The molecule has 3 rings (SSSR count). The first-order chi connectivity index (χ1) is 13.1. The molecule has 1 aromatic heterocycles. The highest BCUT2D eigenvalue weighted by Crippen LogP contribution is 2.27. The molecule has 0 aliphatic heterocycles. The minimum atomic E-state index is -0.0499. The minimum absolute atomic E-state index is 0.0499. The number of rotatable bonds is 8. The van der Waals surface area contributed by atoms with E-state index in [-0.39, 0.29) is 5.91 Å². The van der Waals surface area contributed by atoms with E-state index < -0.39 is 0 Å². The molecule has 0 radical (unpaired) electrons. The van der Waals surface area contributed by atoms with E-state index in [4.69, 9.17) is 4.74 Å². The highest BCUT2D eigenvalue weighted by molar-refractivity contribution is 8.01. The van der Waals surface area contributed by atoms with E-state index in [9.17, 15) is 4.79 Å². The van der Waals surface area contributed by atoms with Gasteiger partial charge in [-0.1, -0.05) is 52.9 Å². The number of aromatic nitrogens is 2. The van der Waals surface area contributed by atoms with Gasteiger partial charge in [-0.2, -0.15) is 0 Å². The number of hydrogen-bond donors (Lipinski definition) is 2. The zero-order valence-corrected chi connectivity index (χ0v) is 16.7. The van der Waals surface area contributed by atoms with Crippen molar-refractivity contribution in [1.82, 2.24) is 15.5 Å². The van der Waals surface area contributed by atoms with Crippen LogP contribution in [0.4, 0.5) is 10.8 Å². The normalized spacial score (nSPS) is 10.4. The summed E-state index contributed by atoms with van der Waals surface area (Å²) in [5.74, 6) is 1.02. The zero-order valence-electron chi connectivity index (χ0n) is 15.1. The Bertz CT molecular complexity index is 897. The lowest BCUT2D eigenvalue weighted by atomic mass is 10.2. The molecule has 0 bridgehead atoms. The molecule has 27 heavy (non-hydrogen) atoms. The second-order valence-corrected chi connectivity index (χ2v) is 7.98. The summed E-state index contributed by atoms with van der Waals surface area (Å²) in [5.41, 5.74) is 3.16. The van der Waals surface area contributed by atoms with Gasteiger partial charge < -0.3 is 15.4 Å². The van der Waals surface area contributed by atoms with Crippen LogP contribution in [0.3, 0.4) is 0 Å². The summed E-state index contributed by atoms with van der Waals surface area (Å²) in [5, 5.41) is 15.1. The first-order valence-corrected chi connectivity index (χ1v) is 10.1. The van der Waals surface area contributed by atoms with Crippen LogP contribution >= 0.6 is 23.1 Å². The average molecular weight is 401 g/mol. The molecule has 2 N–H and O–H groups in total. The highest BCUT2D eigenvalue weighted by Gasteiger charge is 2.09. The number of methoxy groups -OCH3 is 1. The van der Waals surface area contributed by atoms with Crippen LogP contribution < -0.4 is 15.4 Å². The summed E-state index contributed by atoms with van der Waals surface area (Å²) in [6.45, 7) is 2.51. The summed E-state index contributed by atoms with van der Waals surface area (Å²) in [7, 11) is 1.62. The number of carbonyl (C=O) groups is 1. The first-order valence-electron chi connectivity index (χ1n) is 8.32. The van der Waals surface area contributed by atoms with E-state index >= 15 is 0 Å². The van der Waals surface area contributed by atoms with Crippen LogP contribution in [0.1, 0.15) is 11.1 Å². The number of amides is 1. The van der Waals surface area contributed by atoms with Crippen molar-refractivity contribution in [2.45, 2.75) is 17.8 Å². The third-order valence-electron chi connectivity index (χ3n) is 3.66. The van der Waals surface area contributed by atoms with Gasteiger partial charge in [0.05, 0.1) is 12.9 Å². The number of thioether (sulfide) groups is 1. The van der Waals surface area contributed by atoms with Crippen LogP contribution in [0.2, 0.25) is 0 Å². The number of hydrogen-bond acceptors (Lipinski definition) is 7. The van der Waals surface area contributed by atoms with Crippen molar-refractivity contribution in [2.24, 2.45) is 0 Å². The predicted molar refractivity (Wildman–Crippen MR) is 110 cm³/mol. The summed E-state index contributed by atoms with van der Waals surface area (Å²) in [4.78, 5) is 12.1. The topological polar surface area (TPSA) is 76.1 Å². The molecule has 0 unspecified atom stereocenters. The van der Waals surface area contributed by atoms with Gasteiger partial charge in [-0.05, 0) is 36.8 Å². The number of nitrogens with zero attached hydrogens (tertiary/aromatic N) is 2. The van der Waals surface area contributed by atoms with E-state index in [2.05, 4.69) is 20.8 Å². The van der Waals surface area contributed by atoms with Gasteiger partial charge in [-0.3, -0.25) is 4.79 Å². The Morgan fingerprint density at radius 1 is 1.19 bits per heavy atom. The Morgan fingerprint density at radius 3 is 2.78 bits per heavy atom. The molecule has 0 spiro atoms. The standard InChI is InChI=1S/C19H20N4O2S2/c1-13-6-8-15(9-7-13)21-18-22-23-19(27-18)26-12-17(24)20-11-14-4-3-5-16(10-14)25-2/h3-10H,11-12H2,1-2H3,(H,20,24)(H,21,22). The molecule has 1 heterocycles. The van der Waals surface area contributed by atoms with Crippen LogP contribution in [0.5, 0.6) is 5.75 Å². The summed E-state index contributed by atoms with van der Waals surface area (Å²) < 4.78 is 5.93. The van der Waals surface area contributed by atoms with E-state index in [1.807, 2.05) is 55.5 Å². The summed E-state index contributed by atoms with van der Waals surface area (Å²) >= 11 is 2.80. The molecule has 3 aromatic rings. The zero-order chi connectivity index (χ0) is 19.1. The van der Waals surface area contributed by atoms with Crippen LogP contribution in [0.25, 0.3) is 0 Å². The molecule has 0 fully saturated rings. The van der Waals surface area contributed by atoms with E-state index in [1.165, 1.54) is 28.7 Å². The molecular weight excluding hydrogens is 380 g/mol. The number of anilines is 2. The highest BCUT2D eigenvalue weighted by atomic mass is 32.2. The number of aryl methyl sites for hydroxylation is 1. The fourth-order valence-electron chi connectivity index (χ4n) is 2.24. The molecular formula is C19H20N4O2S2. The molecule has 0 aliphatic rings. The molecule has 8 heteroatoms. The van der Waals surface area contributed by atoms with Gasteiger partial charge in [0.15, 0.2) is 4.34 Å². The quantitative estimate of drug-likeness (QED) is 0.557. The Hall–Kier alpha value is -2.58. The SMILES string of the molecule is COc1cccc(CNC(=O)CSc2nnc(Nc3ccc(C)cc3)s2)c1.